The largest absolute Gasteiger partial charge is 0.368 e. The molecule has 0 aromatic heterocycles. The maximum absolute atomic E-state index is 3.61. The van der Waals surface area contributed by atoms with E-state index in [-0.39, 0.29) is 7.92 Å². The molecule has 1 saturated heterocycles. The van der Waals surface area contributed by atoms with Crippen molar-refractivity contribution in [3.63, 3.8) is 0 Å². The molecule has 8 saturated carbocycles. The molecule has 1 aromatic carbocycles. The SMILES string of the molecule is c1ccc(P(C23CC4CC(CC(C4)C2)C3)C23CC4CC(CC(C4)C2)C3)c(N2CCNCC2)c1. The third-order valence-electron chi connectivity index (χ3n) is 11.5. The van der Waals surface area contributed by atoms with Gasteiger partial charge in [0.05, 0.1) is 0 Å². The van der Waals surface area contributed by atoms with Gasteiger partial charge in [-0.15, -0.1) is 0 Å². The van der Waals surface area contributed by atoms with E-state index in [0.717, 1.165) is 48.6 Å². The highest BCUT2D eigenvalue weighted by Gasteiger charge is 2.63. The Bertz CT molecular complexity index is 803. The second kappa shape index (κ2) is 7.46. The van der Waals surface area contributed by atoms with Crippen molar-refractivity contribution in [2.45, 2.75) is 87.4 Å². The zero-order valence-corrected chi connectivity index (χ0v) is 21.4. The molecule has 0 unspecified atom stereocenters. The summed E-state index contributed by atoms with van der Waals surface area (Å²) in [5.41, 5.74) is 1.66. The maximum atomic E-state index is 3.61. The lowest BCUT2D eigenvalue weighted by Gasteiger charge is -2.67. The number of anilines is 1. The average Bonchev–Trinajstić information content (AvgIpc) is 2.78. The fraction of sp³-hybridized carbons (Fsp3) is 0.800. The van der Waals surface area contributed by atoms with Crippen molar-refractivity contribution in [3.8, 4) is 0 Å². The molecule has 8 bridgehead atoms. The first-order chi connectivity index (χ1) is 16.2. The molecule has 178 valence electrons. The summed E-state index contributed by atoms with van der Waals surface area (Å²) < 4.78 is 0. The van der Waals surface area contributed by atoms with Gasteiger partial charge < -0.3 is 10.2 Å². The molecule has 33 heavy (non-hydrogen) atoms. The molecule has 8 aliphatic carbocycles. The van der Waals surface area contributed by atoms with E-state index in [9.17, 15) is 0 Å². The molecule has 1 aromatic rings. The minimum atomic E-state index is -0.112. The smallest absolute Gasteiger partial charge is 0.0445 e. The first-order valence-electron chi connectivity index (χ1n) is 14.5. The third-order valence-corrected chi connectivity index (χ3v) is 15.4. The molecular weight excluding hydrogens is 419 g/mol. The molecule has 1 aliphatic heterocycles. The summed E-state index contributed by atoms with van der Waals surface area (Å²) in [7, 11) is -0.112. The summed E-state index contributed by atoms with van der Waals surface area (Å²) in [6.07, 6.45) is 19.1. The molecule has 9 aliphatic rings. The second-order valence-electron chi connectivity index (χ2n) is 13.8. The van der Waals surface area contributed by atoms with Crippen molar-refractivity contribution in [2.24, 2.45) is 35.5 Å². The van der Waals surface area contributed by atoms with Gasteiger partial charge in [-0.2, -0.15) is 0 Å². The Morgan fingerprint density at radius 2 is 1.06 bits per heavy atom. The van der Waals surface area contributed by atoms with Gasteiger partial charge in [0, 0.05) is 37.2 Å². The molecule has 9 fully saturated rings. The number of nitrogens with one attached hydrogen (secondary N) is 1. The normalized spacial score (nSPS) is 48.4. The Morgan fingerprint density at radius 3 is 1.52 bits per heavy atom. The minimum Gasteiger partial charge on any atom is -0.368 e. The lowest BCUT2D eigenvalue weighted by Crippen LogP contribution is -2.58. The zero-order valence-electron chi connectivity index (χ0n) is 20.5. The minimum absolute atomic E-state index is 0.112. The van der Waals surface area contributed by atoms with Crippen LogP contribution < -0.4 is 15.5 Å². The van der Waals surface area contributed by atoms with Gasteiger partial charge in [-0.05, 0) is 129 Å². The quantitative estimate of drug-likeness (QED) is 0.541. The van der Waals surface area contributed by atoms with Gasteiger partial charge in [0.1, 0.15) is 0 Å². The van der Waals surface area contributed by atoms with Crippen molar-refractivity contribution in [1.29, 1.82) is 0 Å². The summed E-state index contributed by atoms with van der Waals surface area (Å²) in [6.45, 7) is 4.70. The third kappa shape index (κ3) is 3.18. The Morgan fingerprint density at radius 1 is 0.636 bits per heavy atom. The van der Waals surface area contributed by atoms with Gasteiger partial charge in [-0.25, -0.2) is 0 Å². The zero-order chi connectivity index (χ0) is 21.6. The van der Waals surface area contributed by atoms with Crippen LogP contribution in [0.5, 0.6) is 0 Å². The van der Waals surface area contributed by atoms with Crippen LogP contribution in [-0.2, 0) is 0 Å². The number of benzene rings is 1. The van der Waals surface area contributed by atoms with Gasteiger partial charge in [-0.1, -0.05) is 26.1 Å². The molecule has 0 spiro atoms. The standard InChI is InChI=1S/C30H43N2P/c1-2-4-28(27(3-1)32-7-5-31-6-8-32)33(29-15-21-9-22(16-29)11-23(10-21)17-29)30-18-24-12-25(19-30)14-26(13-24)20-30/h1-4,21-26,31H,5-20H2. The van der Waals surface area contributed by atoms with E-state index < -0.39 is 0 Å². The fourth-order valence-electron chi connectivity index (χ4n) is 11.5. The first-order valence-corrected chi connectivity index (χ1v) is 15.9. The van der Waals surface area contributed by atoms with Crippen LogP contribution in [-0.4, -0.2) is 36.5 Å². The lowest BCUT2D eigenvalue weighted by atomic mass is 9.55. The van der Waals surface area contributed by atoms with E-state index in [1.807, 2.05) is 5.30 Å². The average molecular weight is 463 g/mol. The predicted molar refractivity (Wildman–Crippen MR) is 140 cm³/mol. The van der Waals surface area contributed by atoms with Crippen molar-refractivity contribution in [1.82, 2.24) is 5.32 Å². The topological polar surface area (TPSA) is 15.3 Å². The highest BCUT2D eigenvalue weighted by atomic mass is 31.1. The van der Waals surface area contributed by atoms with Gasteiger partial charge in [-0.3, -0.25) is 0 Å². The molecular formula is C30H43N2P. The van der Waals surface area contributed by atoms with E-state index in [4.69, 9.17) is 0 Å². The molecule has 2 nitrogen and oxygen atoms in total. The number of rotatable bonds is 4. The first kappa shape index (κ1) is 20.6. The number of nitrogens with zero attached hydrogens (tertiary/aromatic N) is 1. The number of hydrogen-bond acceptors (Lipinski definition) is 2. The Balaban J connectivity index is 1.29. The lowest BCUT2D eigenvalue weighted by molar-refractivity contribution is 0.0195. The summed E-state index contributed by atoms with van der Waals surface area (Å²) >= 11 is 0. The van der Waals surface area contributed by atoms with Gasteiger partial charge in [0.25, 0.3) is 0 Å². The molecule has 0 amide bonds. The second-order valence-corrected chi connectivity index (χ2v) is 16.9. The highest BCUT2D eigenvalue weighted by molar-refractivity contribution is 7.69. The molecule has 0 radical (unpaired) electrons. The highest BCUT2D eigenvalue weighted by Crippen LogP contribution is 2.78. The van der Waals surface area contributed by atoms with Crippen LogP contribution in [0.3, 0.4) is 0 Å². The van der Waals surface area contributed by atoms with Gasteiger partial charge in [0.15, 0.2) is 0 Å². The van der Waals surface area contributed by atoms with E-state index in [1.54, 1.807) is 82.7 Å². The van der Waals surface area contributed by atoms with Crippen molar-refractivity contribution in [3.05, 3.63) is 24.3 Å². The molecule has 0 atom stereocenters. The monoisotopic (exact) mass is 462 g/mol. The molecule has 3 heteroatoms. The summed E-state index contributed by atoms with van der Waals surface area (Å²) in [5.74, 6) is 6.43. The Hall–Kier alpha value is -0.590. The molecule has 1 heterocycles. The van der Waals surface area contributed by atoms with E-state index >= 15 is 0 Å². The molecule has 10 rings (SSSR count). The van der Waals surface area contributed by atoms with Gasteiger partial charge >= 0.3 is 0 Å². The fourth-order valence-corrected chi connectivity index (χ4v) is 16.9. The van der Waals surface area contributed by atoms with Gasteiger partial charge in [0.2, 0.25) is 0 Å². The molecule has 1 N–H and O–H groups in total. The van der Waals surface area contributed by atoms with Crippen LogP contribution in [0.4, 0.5) is 5.69 Å². The van der Waals surface area contributed by atoms with Crippen LogP contribution in [0, 0.1) is 35.5 Å². The van der Waals surface area contributed by atoms with Crippen molar-refractivity contribution >= 4 is 18.9 Å². The van der Waals surface area contributed by atoms with E-state index in [2.05, 4.69) is 34.5 Å². The van der Waals surface area contributed by atoms with Crippen LogP contribution in [0.2, 0.25) is 0 Å². The van der Waals surface area contributed by atoms with E-state index in [0.29, 0.717) is 10.3 Å². The van der Waals surface area contributed by atoms with Crippen LogP contribution in [0.1, 0.15) is 77.0 Å². The van der Waals surface area contributed by atoms with E-state index in [1.165, 1.54) is 13.1 Å². The Labute approximate surface area is 202 Å². The number of para-hydroxylation sites is 1. The Kier molecular flexibility index (Phi) is 4.65. The predicted octanol–water partition coefficient (Wildman–Crippen LogP) is 6.14. The number of hydrogen-bond donors (Lipinski definition) is 1. The summed E-state index contributed by atoms with van der Waals surface area (Å²) in [4.78, 5) is 2.78. The van der Waals surface area contributed by atoms with Crippen LogP contribution >= 0.6 is 7.92 Å². The maximum Gasteiger partial charge on any atom is 0.0445 e. The number of piperazine rings is 1. The van der Waals surface area contributed by atoms with Crippen LogP contribution in [0.15, 0.2) is 24.3 Å². The summed E-state index contributed by atoms with van der Waals surface area (Å²) in [6, 6.07) is 9.99. The van der Waals surface area contributed by atoms with Crippen LogP contribution in [0.25, 0.3) is 0 Å². The van der Waals surface area contributed by atoms with Crippen molar-refractivity contribution < 1.29 is 0 Å². The van der Waals surface area contributed by atoms with Crippen molar-refractivity contribution in [2.75, 3.05) is 31.1 Å². The summed E-state index contributed by atoms with van der Waals surface area (Å²) in [5, 5.41) is 6.85.